The molecule has 0 aliphatic carbocycles. The minimum absolute atomic E-state index is 0.00648. The van der Waals surface area contributed by atoms with Gasteiger partial charge in [-0.25, -0.2) is 4.39 Å². The first-order valence-electron chi connectivity index (χ1n) is 6.52. The Morgan fingerprint density at radius 3 is 2.68 bits per heavy atom. The predicted octanol–water partition coefficient (Wildman–Crippen LogP) is 2.52. The van der Waals surface area contributed by atoms with Crippen LogP contribution in [0.3, 0.4) is 0 Å². The summed E-state index contributed by atoms with van der Waals surface area (Å²) in [4.78, 5) is 0. The lowest BCUT2D eigenvalue weighted by Gasteiger charge is -2.23. The highest BCUT2D eigenvalue weighted by Gasteiger charge is 2.27. The highest BCUT2D eigenvalue weighted by Crippen LogP contribution is 2.33. The van der Waals surface area contributed by atoms with Crippen LogP contribution in [0, 0.1) is 11.7 Å². The van der Waals surface area contributed by atoms with Crippen molar-refractivity contribution in [3.05, 3.63) is 47.8 Å². The van der Waals surface area contributed by atoms with Gasteiger partial charge in [0.1, 0.15) is 5.82 Å². The van der Waals surface area contributed by atoms with E-state index in [2.05, 4.69) is 5.43 Å². The van der Waals surface area contributed by atoms with Crippen LogP contribution in [0.1, 0.15) is 18.0 Å². The maximum absolute atomic E-state index is 13.8. The zero-order valence-corrected chi connectivity index (χ0v) is 10.6. The first-order valence-corrected chi connectivity index (χ1v) is 6.52. The molecule has 100 valence electrons. The number of fused-ring (bicyclic) bond motifs is 1. The molecule has 0 radical (unpaired) electrons. The molecule has 1 aliphatic heterocycles. The molecule has 1 heterocycles. The van der Waals surface area contributed by atoms with E-state index in [4.69, 9.17) is 10.6 Å². The summed E-state index contributed by atoms with van der Waals surface area (Å²) in [5.74, 6) is 5.85. The van der Waals surface area contributed by atoms with Crippen molar-refractivity contribution in [1.82, 2.24) is 5.43 Å². The molecule has 19 heavy (non-hydrogen) atoms. The van der Waals surface area contributed by atoms with Gasteiger partial charge in [-0.15, -0.1) is 0 Å². The molecule has 2 unspecified atom stereocenters. The fourth-order valence-electron chi connectivity index (χ4n) is 2.85. The minimum Gasteiger partial charge on any atom is -0.381 e. The lowest BCUT2D eigenvalue weighted by atomic mass is 9.89. The molecular formula is C15H17FN2O. The van der Waals surface area contributed by atoms with Crippen LogP contribution in [-0.2, 0) is 4.74 Å². The number of hydrogen-bond acceptors (Lipinski definition) is 3. The van der Waals surface area contributed by atoms with Gasteiger partial charge < -0.3 is 4.74 Å². The van der Waals surface area contributed by atoms with Crippen LogP contribution in [0.2, 0.25) is 0 Å². The van der Waals surface area contributed by atoms with Crippen LogP contribution >= 0.6 is 0 Å². The first kappa shape index (κ1) is 12.5. The third-order valence-electron chi connectivity index (χ3n) is 3.86. The van der Waals surface area contributed by atoms with Crippen LogP contribution in [0.25, 0.3) is 10.8 Å². The number of hydrogen-bond donors (Lipinski definition) is 2. The fraction of sp³-hybridized carbons (Fsp3) is 0.333. The molecule has 0 aromatic heterocycles. The molecule has 2 atom stereocenters. The zero-order chi connectivity index (χ0) is 13.2. The van der Waals surface area contributed by atoms with E-state index in [9.17, 15) is 4.39 Å². The van der Waals surface area contributed by atoms with E-state index in [1.165, 1.54) is 6.07 Å². The molecule has 2 aromatic rings. The van der Waals surface area contributed by atoms with E-state index < -0.39 is 0 Å². The van der Waals surface area contributed by atoms with Crippen molar-refractivity contribution >= 4 is 10.8 Å². The van der Waals surface area contributed by atoms with Gasteiger partial charge in [0.05, 0.1) is 12.6 Å². The topological polar surface area (TPSA) is 47.3 Å². The normalized spacial score (nSPS) is 20.8. The third kappa shape index (κ3) is 2.23. The Bertz CT molecular complexity index is 581. The number of halogens is 1. The maximum Gasteiger partial charge on any atom is 0.131 e. The average molecular weight is 260 g/mol. The molecule has 1 saturated heterocycles. The molecular weight excluding hydrogens is 243 g/mol. The van der Waals surface area contributed by atoms with Gasteiger partial charge in [-0.3, -0.25) is 11.3 Å². The molecule has 0 amide bonds. The van der Waals surface area contributed by atoms with E-state index in [0.717, 1.165) is 24.0 Å². The van der Waals surface area contributed by atoms with Gasteiger partial charge in [-0.2, -0.15) is 0 Å². The van der Waals surface area contributed by atoms with Crippen LogP contribution in [0.4, 0.5) is 4.39 Å². The lowest BCUT2D eigenvalue weighted by Crippen LogP contribution is -2.34. The second kappa shape index (κ2) is 5.25. The van der Waals surface area contributed by atoms with Crippen LogP contribution in [0.5, 0.6) is 0 Å². The molecule has 3 nitrogen and oxygen atoms in total. The van der Waals surface area contributed by atoms with Crippen molar-refractivity contribution in [2.45, 2.75) is 12.5 Å². The van der Waals surface area contributed by atoms with Crippen molar-refractivity contribution in [2.24, 2.45) is 11.8 Å². The predicted molar refractivity (Wildman–Crippen MR) is 72.9 cm³/mol. The number of benzene rings is 2. The molecule has 2 aromatic carbocycles. The molecule has 3 N–H and O–H groups in total. The van der Waals surface area contributed by atoms with Gasteiger partial charge >= 0.3 is 0 Å². The Balaban J connectivity index is 2.10. The average Bonchev–Trinajstić information content (AvgIpc) is 2.96. The standard InChI is InChI=1S/C15H17FN2O/c16-14-6-5-13(11-3-1-2-4-12(11)14)15(18-17)10-7-8-19-9-10/h1-6,10,15,18H,7-9,17H2. The Labute approximate surface area is 111 Å². The number of ether oxygens (including phenoxy) is 1. The van der Waals surface area contributed by atoms with Gasteiger partial charge in [0.15, 0.2) is 0 Å². The SMILES string of the molecule is NNC(c1ccc(F)c2ccccc12)C1CCOC1. The number of nitrogens with one attached hydrogen (secondary N) is 1. The molecule has 1 fully saturated rings. The Morgan fingerprint density at radius 1 is 1.21 bits per heavy atom. The summed E-state index contributed by atoms with van der Waals surface area (Å²) in [6, 6.07) is 10.8. The quantitative estimate of drug-likeness (QED) is 0.658. The van der Waals surface area contributed by atoms with Crippen molar-refractivity contribution in [2.75, 3.05) is 13.2 Å². The maximum atomic E-state index is 13.8. The Hall–Kier alpha value is -1.49. The molecule has 0 spiro atoms. The minimum atomic E-state index is -0.196. The summed E-state index contributed by atoms with van der Waals surface area (Å²) in [6.07, 6.45) is 0.973. The van der Waals surface area contributed by atoms with E-state index in [0.29, 0.717) is 17.9 Å². The highest BCUT2D eigenvalue weighted by atomic mass is 19.1. The molecule has 1 aliphatic rings. The number of hydrazine groups is 1. The highest BCUT2D eigenvalue weighted by molar-refractivity contribution is 5.86. The molecule has 3 rings (SSSR count). The summed E-state index contributed by atoms with van der Waals surface area (Å²) in [5, 5.41) is 1.55. The number of rotatable bonds is 3. The first-order chi connectivity index (χ1) is 9.31. The van der Waals surface area contributed by atoms with Gasteiger partial charge in [-0.1, -0.05) is 30.3 Å². The van der Waals surface area contributed by atoms with E-state index in [1.54, 1.807) is 6.07 Å². The van der Waals surface area contributed by atoms with Crippen molar-refractivity contribution in [1.29, 1.82) is 0 Å². The summed E-state index contributed by atoms with van der Waals surface area (Å²) in [7, 11) is 0. The van der Waals surface area contributed by atoms with Gasteiger partial charge in [-0.05, 0) is 23.4 Å². The van der Waals surface area contributed by atoms with Crippen LogP contribution < -0.4 is 11.3 Å². The lowest BCUT2D eigenvalue weighted by molar-refractivity contribution is 0.177. The van der Waals surface area contributed by atoms with Gasteiger partial charge in [0, 0.05) is 17.9 Å². The van der Waals surface area contributed by atoms with Crippen molar-refractivity contribution in [3.8, 4) is 0 Å². The summed E-state index contributed by atoms with van der Waals surface area (Å²) >= 11 is 0. The Kier molecular flexibility index (Phi) is 3.46. The smallest absolute Gasteiger partial charge is 0.131 e. The molecule has 4 heteroatoms. The van der Waals surface area contributed by atoms with E-state index in [-0.39, 0.29) is 11.9 Å². The Morgan fingerprint density at radius 2 is 2.00 bits per heavy atom. The van der Waals surface area contributed by atoms with Crippen LogP contribution in [0.15, 0.2) is 36.4 Å². The second-order valence-corrected chi connectivity index (χ2v) is 4.95. The largest absolute Gasteiger partial charge is 0.381 e. The molecule has 0 saturated carbocycles. The van der Waals surface area contributed by atoms with Gasteiger partial charge in [0.25, 0.3) is 0 Å². The fourth-order valence-corrected chi connectivity index (χ4v) is 2.85. The number of nitrogens with two attached hydrogens (primary N) is 1. The zero-order valence-electron chi connectivity index (χ0n) is 10.6. The molecule has 0 bridgehead atoms. The summed E-state index contributed by atoms with van der Waals surface area (Å²) < 4.78 is 19.3. The van der Waals surface area contributed by atoms with Crippen molar-refractivity contribution < 1.29 is 9.13 Å². The third-order valence-corrected chi connectivity index (χ3v) is 3.86. The second-order valence-electron chi connectivity index (χ2n) is 4.95. The van der Waals surface area contributed by atoms with Crippen LogP contribution in [-0.4, -0.2) is 13.2 Å². The van der Waals surface area contributed by atoms with E-state index in [1.807, 2.05) is 24.3 Å². The summed E-state index contributed by atoms with van der Waals surface area (Å²) in [6.45, 7) is 1.46. The van der Waals surface area contributed by atoms with Crippen molar-refractivity contribution in [3.63, 3.8) is 0 Å². The summed E-state index contributed by atoms with van der Waals surface area (Å²) in [5.41, 5.74) is 3.91. The van der Waals surface area contributed by atoms with Gasteiger partial charge in [0.2, 0.25) is 0 Å². The van der Waals surface area contributed by atoms with E-state index >= 15 is 0 Å². The monoisotopic (exact) mass is 260 g/mol.